The maximum Gasteiger partial charge on any atom is 0.333 e. The third-order valence-corrected chi connectivity index (χ3v) is 15.8. The average Bonchev–Trinajstić information content (AvgIpc) is 2.99. The topological polar surface area (TPSA) is 63.2 Å². The Kier molecular flexibility index (Phi) is 8.55. The van der Waals surface area contributed by atoms with E-state index in [0.717, 1.165) is 74.4 Å². The first-order valence-corrected chi connectivity index (χ1v) is 21.2. The fourth-order valence-corrected chi connectivity index (χ4v) is 15.5. The molecule has 12 fully saturated rings. The summed E-state index contributed by atoms with van der Waals surface area (Å²) in [6.07, 6.45) is 21.3. The third kappa shape index (κ3) is 6.38. The summed E-state index contributed by atoms with van der Waals surface area (Å²) in [5.74, 6) is 6.00. The highest BCUT2D eigenvalue weighted by atomic mass is 16.7. The van der Waals surface area contributed by atoms with Gasteiger partial charge in [0, 0.05) is 36.7 Å². The highest BCUT2D eigenvalue weighted by Gasteiger charge is 2.68. The van der Waals surface area contributed by atoms with E-state index in [1.807, 2.05) is 0 Å². The van der Waals surface area contributed by atoms with Crippen molar-refractivity contribution in [3.63, 3.8) is 0 Å². The van der Waals surface area contributed by atoms with Crippen molar-refractivity contribution >= 4 is 5.97 Å². The molecule has 0 aromatic carbocycles. The van der Waals surface area contributed by atoms with Gasteiger partial charge in [0.05, 0.1) is 24.4 Å². The first-order chi connectivity index (χ1) is 23.7. The number of rotatable bonds is 14. The lowest BCUT2D eigenvalue weighted by molar-refractivity contribution is -0.350. The molecule has 280 valence electrons. The molecule has 0 spiro atoms. The van der Waals surface area contributed by atoms with Crippen LogP contribution in [0, 0.1) is 64.1 Å². The van der Waals surface area contributed by atoms with Crippen molar-refractivity contribution in [3.05, 3.63) is 12.2 Å². The van der Waals surface area contributed by atoms with Crippen LogP contribution in [-0.4, -0.2) is 48.6 Å². The minimum absolute atomic E-state index is 0.231. The molecule has 0 aromatic rings. The Balaban J connectivity index is 0.947. The zero-order chi connectivity index (χ0) is 34.7. The Morgan fingerprint density at radius 3 is 1.24 bits per heavy atom. The Hall–Kier alpha value is -0.950. The highest BCUT2D eigenvalue weighted by molar-refractivity contribution is 5.87. The summed E-state index contributed by atoms with van der Waals surface area (Å²) in [6.45, 7) is 16.4. The van der Waals surface area contributed by atoms with E-state index in [0.29, 0.717) is 35.2 Å². The summed E-state index contributed by atoms with van der Waals surface area (Å²) in [7, 11) is 0. The number of hydrogen-bond acceptors (Lipinski definition) is 6. The summed E-state index contributed by atoms with van der Waals surface area (Å²) in [4.78, 5) is 13.3. The van der Waals surface area contributed by atoms with Crippen LogP contribution in [0.25, 0.3) is 0 Å². The summed E-state index contributed by atoms with van der Waals surface area (Å²) >= 11 is 0. The predicted octanol–water partition coefficient (Wildman–Crippen LogP) is 9.78. The van der Waals surface area contributed by atoms with Crippen LogP contribution < -0.4 is 0 Å². The molecule has 0 aliphatic heterocycles. The van der Waals surface area contributed by atoms with E-state index in [1.165, 1.54) is 77.0 Å². The van der Waals surface area contributed by atoms with Gasteiger partial charge in [-0.15, -0.1) is 0 Å². The van der Waals surface area contributed by atoms with Gasteiger partial charge < -0.3 is 23.7 Å². The van der Waals surface area contributed by atoms with E-state index < -0.39 is 16.8 Å². The van der Waals surface area contributed by atoms with Crippen LogP contribution >= 0.6 is 0 Å². The summed E-state index contributed by atoms with van der Waals surface area (Å²) in [5.41, 5.74) is -0.372. The molecule has 0 aromatic heterocycles. The maximum atomic E-state index is 13.3. The Morgan fingerprint density at radius 2 is 0.900 bits per heavy atom. The highest BCUT2D eigenvalue weighted by Crippen LogP contribution is 2.65. The predicted molar refractivity (Wildman–Crippen MR) is 193 cm³/mol. The Bertz CT molecular complexity index is 1180. The second kappa shape index (κ2) is 12.3. The lowest BCUT2D eigenvalue weighted by Crippen LogP contribution is -2.69. The van der Waals surface area contributed by atoms with Gasteiger partial charge in [0.2, 0.25) is 0 Å². The standard InChI is InChI=1S/C44H68O6/c1-27(2)37(45)48-42-19-36-20-43(22-42,49-38(28(3)4)46-25-40-13-30-7-31(14-40)9-32(8-30)15-40)24-44(21-36,23-42)50-39(29(5)6)47-26-41-16-33-10-34(17-41)12-35(11-33)18-41/h28-36,38-39H,1,7-26H2,2-6H3. The smallest absolute Gasteiger partial charge is 0.333 e. The zero-order valence-corrected chi connectivity index (χ0v) is 32.1. The van der Waals surface area contributed by atoms with E-state index in [9.17, 15) is 4.79 Å². The first-order valence-electron chi connectivity index (χ1n) is 21.2. The lowest BCUT2D eigenvalue weighted by Gasteiger charge is -2.65. The van der Waals surface area contributed by atoms with E-state index in [4.69, 9.17) is 23.7 Å². The van der Waals surface area contributed by atoms with E-state index in [-0.39, 0.29) is 30.4 Å². The van der Waals surface area contributed by atoms with Crippen LogP contribution in [0.5, 0.6) is 0 Å². The van der Waals surface area contributed by atoms with Crippen LogP contribution in [-0.2, 0) is 28.5 Å². The molecule has 6 heteroatoms. The van der Waals surface area contributed by atoms with Gasteiger partial charge >= 0.3 is 5.97 Å². The van der Waals surface area contributed by atoms with Gasteiger partial charge in [-0.05, 0) is 155 Å². The van der Waals surface area contributed by atoms with Gasteiger partial charge in [0.1, 0.15) is 5.60 Å². The summed E-state index contributed by atoms with van der Waals surface area (Å²) in [5, 5.41) is 0. The number of carbonyl (C=O) groups is 1. The summed E-state index contributed by atoms with van der Waals surface area (Å²) < 4.78 is 35.2. The first kappa shape index (κ1) is 34.8. The van der Waals surface area contributed by atoms with Crippen LogP contribution in [0.1, 0.15) is 150 Å². The van der Waals surface area contributed by atoms with Gasteiger partial charge in [-0.1, -0.05) is 34.3 Å². The van der Waals surface area contributed by atoms with Crippen LogP contribution in [0.4, 0.5) is 0 Å². The molecule has 0 amide bonds. The Morgan fingerprint density at radius 1 is 0.560 bits per heavy atom. The molecule has 0 N–H and O–H groups in total. The normalized spacial score (nSPS) is 48.9. The molecule has 12 saturated carbocycles. The fraction of sp³-hybridized carbons (Fsp3) is 0.932. The van der Waals surface area contributed by atoms with E-state index >= 15 is 0 Å². The fourth-order valence-electron chi connectivity index (χ4n) is 15.5. The minimum Gasteiger partial charge on any atom is -0.455 e. The van der Waals surface area contributed by atoms with Gasteiger partial charge in [0.25, 0.3) is 0 Å². The second-order valence-corrected chi connectivity index (χ2v) is 21.6. The van der Waals surface area contributed by atoms with Crippen molar-refractivity contribution in [2.75, 3.05) is 13.2 Å². The molecule has 12 bridgehead atoms. The van der Waals surface area contributed by atoms with Crippen molar-refractivity contribution in [2.24, 2.45) is 64.1 Å². The van der Waals surface area contributed by atoms with E-state index in [2.05, 4.69) is 34.3 Å². The average molecular weight is 693 g/mol. The van der Waals surface area contributed by atoms with Gasteiger partial charge in [-0.25, -0.2) is 4.79 Å². The molecule has 50 heavy (non-hydrogen) atoms. The van der Waals surface area contributed by atoms with Crippen LogP contribution in [0.3, 0.4) is 0 Å². The number of hydrogen-bond donors (Lipinski definition) is 0. The van der Waals surface area contributed by atoms with Crippen molar-refractivity contribution in [1.29, 1.82) is 0 Å². The molecule has 0 radical (unpaired) electrons. The SMILES string of the molecule is C=C(C)C(=O)OC12CC3CC(OC(OCC45CC6CC(CC(C6)C4)C5)C(C)C)(C1)CC(OC(OCC14CC5CC(CC(C5)C1)C4)C(C)C)(C3)C2. The minimum atomic E-state index is -0.613. The number of esters is 1. The van der Waals surface area contributed by atoms with Gasteiger partial charge in [0.15, 0.2) is 12.6 Å². The molecule has 12 rings (SSSR count). The molecule has 12 aliphatic carbocycles. The molecule has 0 saturated heterocycles. The Labute approximate surface area is 302 Å². The number of ether oxygens (including phenoxy) is 5. The van der Waals surface area contributed by atoms with E-state index in [1.54, 1.807) is 6.92 Å². The van der Waals surface area contributed by atoms with Crippen molar-refractivity contribution in [1.82, 2.24) is 0 Å². The van der Waals surface area contributed by atoms with Gasteiger partial charge in [-0.3, -0.25) is 0 Å². The lowest BCUT2D eigenvalue weighted by atomic mass is 9.50. The maximum absolute atomic E-state index is 13.3. The van der Waals surface area contributed by atoms with Crippen molar-refractivity contribution < 1.29 is 28.5 Å². The molecular formula is C44H68O6. The molecular weight excluding hydrogens is 624 g/mol. The summed E-state index contributed by atoms with van der Waals surface area (Å²) in [6, 6.07) is 0. The van der Waals surface area contributed by atoms with Crippen LogP contribution in [0.15, 0.2) is 12.2 Å². The molecule has 4 atom stereocenters. The molecule has 0 heterocycles. The molecule has 6 nitrogen and oxygen atoms in total. The number of carbonyl (C=O) groups excluding carboxylic acids is 1. The van der Waals surface area contributed by atoms with Crippen LogP contribution in [0.2, 0.25) is 0 Å². The molecule has 12 aliphatic rings. The largest absolute Gasteiger partial charge is 0.455 e. The van der Waals surface area contributed by atoms with Crippen molar-refractivity contribution in [2.45, 2.75) is 180 Å². The van der Waals surface area contributed by atoms with Crippen molar-refractivity contribution in [3.8, 4) is 0 Å². The second-order valence-electron chi connectivity index (χ2n) is 21.6. The third-order valence-electron chi connectivity index (χ3n) is 15.8. The zero-order valence-electron chi connectivity index (χ0n) is 32.1. The monoisotopic (exact) mass is 693 g/mol. The molecule has 4 unspecified atom stereocenters. The van der Waals surface area contributed by atoms with Gasteiger partial charge in [-0.2, -0.15) is 0 Å². The quantitative estimate of drug-likeness (QED) is 0.103.